The molecule has 0 saturated heterocycles. The van der Waals surface area contributed by atoms with Gasteiger partial charge in [-0.15, -0.1) is 0 Å². The van der Waals surface area contributed by atoms with Gasteiger partial charge in [0, 0.05) is 5.69 Å². The Morgan fingerprint density at radius 2 is 2.06 bits per heavy atom. The molecule has 0 saturated carbocycles. The van der Waals surface area contributed by atoms with E-state index in [1.807, 2.05) is 0 Å². The SMILES string of the molecule is CCCC(NC(=O)C(C)=Nc1cc2c([nH]c1=S)CC[C@H](C(C)(C)C)C2)C1=C/C=C\CC/C=C\1. The van der Waals surface area contributed by atoms with E-state index in [0.29, 0.717) is 22.0 Å². The molecule has 1 aromatic heterocycles. The quantitative estimate of drug-likeness (QED) is 0.347. The highest BCUT2D eigenvalue weighted by Crippen LogP contribution is 2.37. The number of aryl methyl sites for hydroxylation is 1. The fourth-order valence-corrected chi connectivity index (χ4v) is 4.82. The maximum atomic E-state index is 13.1. The average Bonchev–Trinajstić information content (AvgIpc) is 2.72. The topological polar surface area (TPSA) is 57.2 Å². The first-order chi connectivity index (χ1) is 15.7. The molecule has 2 atom stereocenters. The number of carbonyl (C=O) groups excluding carboxylic acids is 1. The van der Waals surface area contributed by atoms with E-state index in [1.165, 1.54) is 17.7 Å². The second-order valence-corrected chi connectivity index (χ2v) is 10.8. The summed E-state index contributed by atoms with van der Waals surface area (Å²) in [5, 5.41) is 3.20. The van der Waals surface area contributed by atoms with Crippen LogP contribution in [-0.2, 0) is 17.6 Å². The van der Waals surface area contributed by atoms with E-state index >= 15 is 0 Å². The third-order valence-corrected chi connectivity index (χ3v) is 7.08. The molecule has 0 aliphatic heterocycles. The van der Waals surface area contributed by atoms with Gasteiger partial charge in [0.25, 0.3) is 5.91 Å². The van der Waals surface area contributed by atoms with Gasteiger partial charge < -0.3 is 10.3 Å². The maximum Gasteiger partial charge on any atom is 0.265 e. The van der Waals surface area contributed by atoms with Gasteiger partial charge in [-0.1, -0.05) is 76.7 Å². The number of aromatic nitrogens is 1. The van der Waals surface area contributed by atoms with Crippen molar-refractivity contribution < 1.29 is 4.79 Å². The van der Waals surface area contributed by atoms with Crippen LogP contribution in [0.1, 0.15) is 78.0 Å². The Labute approximate surface area is 204 Å². The summed E-state index contributed by atoms with van der Waals surface area (Å²) >= 11 is 5.58. The van der Waals surface area contributed by atoms with Gasteiger partial charge in [-0.2, -0.15) is 0 Å². The van der Waals surface area contributed by atoms with Gasteiger partial charge in [0.15, 0.2) is 0 Å². The van der Waals surface area contributed by atoms with E-state index in [4.69, 9.17) is 12.2 Å². The minimum atomic E-state index is -0.145. The third kappa shape index (κ3) is 6.86. The predicted molar refractivity (Wildman–Crippen MR) is 142 cm³/mol. The summed E-state index contributed by atoms with van der Waals surface area (Å²) in [6.45, 7) is 10.8. The Morgan fingerprint density at radius 1 is 1.30 bits per heavy atom. The number of nitrogens with one attached hydrogen (secondary N) is 2. The van der Waals surface area contributed by atoms with Crippen LogP contribution in [0.2, 0.25) is 0 Å². The van der Waals surface area contributed by atoms with E-state index < -0.39 is 0 Å². The van der Waals surface area contributed by atoms with Crippen molar-refractivity contribution in [1.29, 1.82) is 0 Å². The van der Waals surface area contributed by atoms with Crippen LogP contribution in [0.5, 0.6) is 0 Å². The van der Waals surface area contributed by atoms with Crippen molar-refractivity contribution in [2.75, 3.05) is 0 Å². The fourth-order valence-electron chi connectivity index (χ4n) is 4.59. The highest BCUT2D eigenvalue weighted by Gasteiger charge is 2.29. The lowest BCUT2D eigenvalue weighted by atomic mass is 9.71. The van der Waals surface area contributed by atoms with Crippen LogP contribution < -0.4 is 5.32 Å². The summed E-state index contributed by atoms with van der Waals surface area (Å²) in [5.74, 6) is 0.484. The second-order valence-electron chi connectivity index (χ2n) is 10.4. The standard InChI is InChI=1S/C28H39N3OS/c1-6-12-23(20-13-10-8-7-9-11-14-20)30-26(32)19(2)29-25-18-21-17-22(28(3,4)5)15-16-24(21)31-27(25)33/h8,10-11,13-14,18,22-23H,6-7,9,12,15-17H2,1-5H3,(H,30,32)(H,31,33)/b10-8-,14-11-,20-13+,29-19?/t22-,23?/m0/s1. The van der Waals surface area contributed by atoms with Crippen molar-refractivity contribution >= 4 is 29.5 Å². The molecule has 1 unspecified atom stereocenters. The molecular weight excluding hydrogens is 426 g/mol. The molecule has 5 heteroatoms. The Balaban J connectivity index is 1.80. The van der Waals surface area contributed by atoms with E-state index in [0.717, 1.165) is 44.1 Å². The molecule has 1 amide bonds. The molecule has 0 radical (unpaired) electrons. The van der Waals surface area contributed by atoms with Crippen molar-refractivity contribution in [2.24, 2.45) is 16.3 Å². The summed E-state index contributed by atoms with van der Waals surface area (Å²) in [5.41, 5.74) is 5.03. The molecule has 4 nitrogen and oxygen atoms in total. The van der Waals surface area contributed by atoms with E-state index in [-0.39, 0.29) is 17.4 Å². The highest BCUT2D eigenvalue weighted by molar-refractivity contribution is 7.71. The zero-order valence-electron chi connectivity index (χ0n) is 20.8. The minimum absolute atomic E-state index is 0.0303. The van der Waals surface area contributed by atoms with E-state index in [9.17, 15) is 4.79 Å². The number of pyridine rings is 1. The van der Waals surface area contributed by atoms with Crippen molar-refractivity contribution in [3.8, 4) is 0 Å². The van der Waals surface area contributed by atoms with Crippen LogP contribution >= 0.6 is 12.2 Å². The number of fused-ring (bicyclic) bond motifs is 1. The van der Waals surface area contributed by atoms with Gasteiger partial charge in [-0.05, 0) is 74.0 Å². The Bertz CT molecular complexity index is 1040. The summed E-state index contributed by atoms with van der Waals surface area (Å²) in [7, 11) is 0. The number of allylic oxidation sites excluding steroid dienone is 4. The largest absolute Gasteiger partial charge is 0.348 e. The van der Waals surface area contributed by atoms with Gasteiger partial charge in [0.1, 0.15) is 10.4 Å². The first-order valence-electron chi connectivity index (χ1n) is 12.3. The summed E-state index contributed by atoms with van der Waals surface area (Å²) < 4.78 is 0.607. The second kappa shape index (κ2) is 11.2. The molecule has 2 N–H and O–H groups in total. The lowest BCUT2D eigenvalue weighted by Crippen LogP contribution is -2.39. The van der Waals surface area contributed by atoms with Gasteiger partial charge in [-0.25, -0.2) is 4.99 Å². The van der Waals surface area contributed by atoms with Crippen LogP contribution in [0, 0.1) is 16.0 Å². The Kier molecular flexibility index (Phi) is 8.63. The number of hydrogen-bond donors (Lipinski definition) is 2. The average molecular weight is 466 g/mol. The highest BCUT2D eigenvalue weighted by atomic mass is 32.1. The maximum absolute atomic E-state index is 13.1. The number of rotatable bonds is 6. The van der Waals surface area contributed by atoms with Crippen molar-refractivity contribution in [2.45, 2.75) is 85.6 Å². The number of aliphatic imine (C=N–C) groups is 1. The summed E-state index contributed by atoms with van der Waals surface area (Å²) in [6, 6.07) is 2.06. The lowest BCUT2D eigenvalue weighted by Gasteiger charge is -2.34. The molecule has 0 spiro atoms. The number of H-pyrrole nitrogens is 1. The lowest BCUT2D eigenvalue weighted by molar-refractivity contribution is -0.115. The molecule has 2 aliphatic carbocycles. The van der Waals surface area contributed by atoms with E-state index in [1.54, 1.807) is 6.92 Å². The van der Waals surface area contributed by atoms with Crippen LogP contribution in [0.4, 0.5) is 5.69 Å². The smallest absolute Gasteiger partial charge is 0.265 e. The normalized spacial score (nSPS) is 23.4. The molecule has 178 valence electrons. The molecular formula is C28H39N3OS. The number of aromatic amines is 1. The monoisotopic (exact) mass is 465 g/mol. The molecule has 1 aromatic rings. The first-order valence-corrected chi connectivity index (χ1v) is 12.7. The molecule has 3 rings (SSSR count). The van der Waals surface area contributed by atoms with Crippen LogP contribution in [0.3, 0.4) is 0 Å². The van der Waals surface area contributed by atoms with Crippen molar-refractivity contribution in [1.82, 2.24) is 10.3 Å². The van der Waals surface area contributed by atoms with Gasteiger partial charge in [0.05, 0.1) is 11.7 Å². The summed E-state index contributed by atoms with van der Waals surface area (Å²) in [6.07, 6.45) is 17.8. The molecule has 2 aliphatic rings. The Morgan fingerprint density at radius 3 is 2.79 bits per heavy atom. The van der Waals surface area contributed by atoms with Gasteiger partial charge in [-0.3, -0.25) is 4.79 Å². The minimum Gasteiger partial charge on any atom is -0.348 e. The Hall–Kier alpha value is -2.27. The van der Waals surface area contributed by atoms with Gasteiger partial charge >= 0.3 is 0 Å². The van der Waals surface area contributed by atoms with Crippen LogP contribution in [0.15, 0.2) is 47.0 Å². The van der Waals surface area contributed by atoms with Crippen molar-refractivity contribution in [3.05, 3.63) is 57.9 Å². The molecule has 0 bridgehead atoms. The zero-order chi connectivity index (χ0) is 24.0. The molecule has 1 heterocycles. The molecule has 0 fully saturated rings. The third-order valence-electron chi connectivity index (χ3n) is 6.77. The van der Waals surface area contributed by atoms with Gasteiger partial charge in [0.2, 0.25) is 0 Å². The predicted octanol–water partition coefficient (Wildman–Crippen LogP) is 7.11. The van der Waals surface area contributed by atoms with Crippen LogP contribution in [0.25, 0.3) is 0 Å². The number of hydrogen-bond acceptors (Lipinski definition) is 3. The number of nitrogens with zero attached hydrogens (tertiary/aromatic N) is 1. The molecule has 33 heavy (non-hydrogen) atoms. The van der Waals surface area contributed by atoms with Crippen LogP contribution in [-0.4, -0.2) is 22.6 Å². The number of carbonyl (C=O) groups is 1. The van der Waals surface area contributed by atoms with E-state index in [2.05, 4.69) is 79.4 Å². The summed E-state index contributed by atoms with van der Waals surface area (Å²) in [4.78, 5) is 21.1. The van der Waals surface area contributed by atoms with Crippen molar-refractivity contribution in [3.63, 3.8) is 0 Å². The molecule has 0 aromatic carbocycles. The number of amides is 1. The zero-order valence-corrected chi connectivity index (χ0v) is 21.6. The first kappa shape index (κ1) is 25.4. The fraction of sp³-hybridized carbons (Fsp3) is 0.536.